The van der Waals surface area contributed by atoms with Crippen LogP contribution < -0.4 is 10.5 Å². The lowest BCUT2D eigenvalue weighted by molar-refractivity contribution is 0.0858. The van der Waals surface area contributed by atoms with Crippen molar-refractivity contribution < 1.29 is 13.3 Å². The van der Waals surface area contributed by atoms with Crippen LogP contribution >= 0.6 is 12.2 Å². The van der Waals surface area contributed by atoms with Crippen molar-refractivity contribution in [3.63, 3.8) is 0 Å². The first-order valence-electron chi connectivity index (χ1n) is 7.26. The van der Waals surface area contributed by atoms with Crippen LogP contribution in [0.1, 0.15) is 34.1 Å². The maximum Gasteiger partial charge on any atom is 0.544 e. The predicted octanol–water partition coefficient (Wildman–Crippen LogP) is 1.61. The minimum absolute atomic E-state index is 0.342. The van der Waals surface area contributed by atoms with E-state index in [2.05, 4.69) is 27.7 Å². The topological polar surface area (TPSA) is 81.3 Å². The highest BCUT2D eigenvalue weighted by atomic mass is 32.1. The van der Waals surface area contributed by atoms with Crippen molar-refractivity contribution in [2.75, 3.05) is 31.7 Å². The Morgan fingerprint density at radius 1 is 1.10 bits per heavy atom. The summed E-state index contributed by atoms with van der Waals surface area (Å²) in [4.78, 5) is 0. The minimum atomic E-state index is -3.11. The van der Waals surface area contributed by atoms with Gasteiger partial charge in [-0.3, -0.25) is 0 Å². The SMILES string of the molecule is CCCNc1[nH]nnc(=S)c1[Si](OCC)(OCC)OCC. The lowest BCUT2D eigenvalue weighted by atomic mass is 10.5. The Hall–Kier alpha value is -0.873. The molecule has 0 aromatic carbocycles. The summed E-state index contributed by atoms with van der Waals surface area (Å²) in [6.45, 7) is 9.97. The monoisotopic (exact) mass is 332 g/mol. The molecule has 0 spiro atoms. The number of anilines is 1. The first-order valence-corrected chi connectivity index (χ1v) is 9.39. The van der Waals surface area contributed by atoms with Crippen LogP contribution in [0.15, 0.2) is 0 Å². The van der Waals surface area contributed by atoms with Crippen molar-refractivity contribution in [3.8, 4) is 0 Å². The zero-order valence-corrected chi connectivity index (χ0v) is 14.9. The molecule has 0 radical (unpaired) electrons. The highest BCUT2D eigenvalue weighted by Gasteiger charge is 2.47. The summed E-state index contributed by atoms with van der Waals surface area (Å²) >= 11 is 5.34. The van der Waals surface area contributed by atoms with E-state index in [9.17, 15) is 0 Å². The van der Waals surface area contributed by atoms with E-state index in [1.54, 1.807) is 0 Å². The zero-order valence-electron chi connectivity index (χ0n) is 13.1. The number of H-pyrrole nitrogens is 1. The molecule has 0 aliphatic rings. The van der Waals surface area contributed by atoms with Gasteiger partial charge in [0.1, 0.15) is 11.0 Å². The molecule has 0 aliphatic heterocycles. The third kappa shape index (κ3) is 4.55. The summed E-state index contributed by atoms with van der Waals surface area (Å²) in [7, 11) is -3.11. The van der Waals surface area contributed by atoms with Gasteiger partial charge in [-0.25, -0.2) is 5.10 Å². The van der Waals surface area contributed by atoms with Crippen LogP contribution in [0.2, 0.25) is 0 Å². The van der Waals surface area contributed by atoms with Crippen LogP contribution in [-0.4, -0.2) is 50.6 Å². The third-order valence-corrected chi connectivity index (χ3v) is 6.20. The molecule has 21 heavy (non-hydrogen) atoms. The molecule has 0 amide bonds. The molecule has 0 bridgehead atoms. The van der Waals surface area contributed by atoms with Crippen LogP contribution in [-0.2, 0) is 13.3 Å². The fourth-order valence-corrected chi connectivity index (χ4v) is 5.01. The second-order valence-corrected chi connectivity index (χ2v) is 7.01. The number of nitrogens with zero attached hydrogens (tertiary/aromatic N) is 2. The molecule has 0 saturated heterocycles. The highest BCUT2D eigenvalue weighted by molar-refractivity contribution is 7.71. The van der Waals surface area contributed by atoms with Gasteiger partial charge in [0, 0.05) is 26.4 Å². The molecule has 1 aromatic heterocycles. The molecule has 0 fully saturated rings. The van der Waals surface area contributed by atoms with Crippen molar-refractivity contribution in [1.29, 1.82) is 0 Å². The van der Waals surface area contributed by atoms with Gasteiger partial charge in [-0.2, -0.15) is 0 Å². The van der Waals surface area contributed by atoms with Crippen molar-refractivity contribution in [1.82, 2.24) is 15.4 Å². The molecule has 1 heterocycles. The number of hydrogen-bond acceptors (Lipinski definition) is 7. The minimum Gasteiger partial charge on any atom is -0.370 e. The van der Waals surface area contributed by atoms with E-state index in [-0.39, 0.29) is 0 Å². The van der Waals surface area contributed by atoms with Gasteiger partial charge in [0.15, 0.2) is 4.64 Å². The van der Waals surface area contributed by atoms with Crippen molar-refractivity contribution >= 4 is 32.0 Å². The molecule has 1 rings (SSSR count). The molecule has 0 unspecified atom stereocenters. The van der Waals surface area contributed by atoms with Crippen LogP contribution in [0.5, 0.6) is 0 Å². The quantitative estimate of drug-likeness (QED) is 0.497. The largest absolute Gasteiger partial charge is 0.544 e. The summed E-state index contributed by atoms with van der Waals surface area (Å²) in [6, 6.07) is 0. The Kier molecular flexibility index (Phi) is 7.97. The molecular weight excluding hydrogens is 308 g/mol. The number of rotatable bonds is 10. The van der Waals surface area contributed by atoms with Crippen LogP contribution in [0, 0.1) is 4.64 Å². The molecule has 9 heteroatoms. The highest BCUT2D eigenvalue weighted by Crippen LogP contribution is 2.15. The van der Waals surface area contributed by atoms with Gasteiger partial charge in [-0.15, -0.1) is 5.10 Å². The summed E-state index contributed by atoms with van der Waals surface area (Å²) < 4.78 is 18.0. The van der Waals surface area contributed by atoms with Crippen molar-refractivity contribution in [2.45, 2.75) is 34.1 Å². The lowest BCUT2D eigenvalue weighted by Gasteiger charge is -2.29. The third-order valence-electron chi connectivity index (χ3n) is 2.63. The second kappa shape index (κ2) is 9.21. The number of nitrogens with one attached hydrogen (secondary N) is 2. The molecular formula is C12H24N4O3SSi. The van der Waals surface area contributed by atoms with Gasteiger partial charge in [0.25, 0.3) is 0 Å². The smallest absolute Gasteiger partial charge is 0.370 e. The lowest BCUT2D eigenvalue weighted by Crippen LogP contribution is -2.58. The molecule has 2 N–H and O–H groups in total. The predicted molar refractivity (Wildman–Crippen MR) is 86.3 cm³/mol. The average Bonchev–Trinajstić information content (AvgIpc) is 2.45. The fourth-order valence-electron chi connectivity index (χ4n) is 1.91. The van der Waals surface area contributed by atoms with Crippen LogP contribution in [0.4, 0.5) is 5.82 Å². The molecule has 0 atom stereocenters. The van der Waals surface area contributed by atoms with Gasteiger partial charge in [0.05, 0.1) is 0 Å². The summed E-state index contributed by atoms with van der Waals surface area (Å²) in [5.74, 6) is 0.666. The normalized spacial score (nSPS) is 11.6. The van der Waals surface area contributed by atoms with E-state index in [0.717, 1.165) is 13.0 Å². The Bertz CT molecular complexity index is 469. The molecule has 0 saturated carbocycles. The Morgan fingerprint density at radius 2 is 1.67 bits per heavy atom. The Morgan fingerprint density at radius 3 is 2.14 bits per heavy atom. The van der Waals surface area contributed by atoms with Gasteiger partial charge >= 0.3 is 8.80 Å². The van der Waals surface area contributed by atoms with Crippen LogP contribution in [0.3, 0.4) is 0 Å². The first-order chi connectivity index (χ1) is 10.1. The molecule has 7 nitrogen and oxygen atoms in total. The fraction of sp³-hybridized carbons (Fsp3) is 0.750. The van der Waals surface area contributed by atoms with Gasteiger partial charge in [0.2, 0.25) is 0 Å². The van der Waals surface area contributed by atoms with Crippen LogP contribution in [0.25, 0.3) is 0 Å². The molecule has 0 aliphatic carbocycles. The van der Waals surface area contributed by atoms with Crippen molar-refractivity contribution in [3.05, 3.63) is 4.64 Å². The van der Waals surface area contributed by atoms with E-state index in [1.807, 2.05) is 20.8 Å². The number of aromatic nitrogens is 3. The first kappa shape index (κ1) is 18.2. The number of aromatic amines is 1. The van der Waals surface area contributed by atoms with Gasteiger partial charge in [-0.1, -0.05) is 24.4 Å². The number of hydrogen-bond donors (Lipinski definition) is 2. The van der Waals surface area contributed by atoms with Crippen molar-refractivity contribution in [2.24, 2.45) is 0 Å². The molecule has 1 aromatic rings. The van der Waals surface area contributed by atoms with E-state index in [4.69, 9.17) is 25.5 Å². The van der Waals surface area contributed by atoms with E-state index < -0.39 is 8.80 Å². The van der Waals surface area contributed by atoms with Gasteiger partial charge < -0.3 is 18.6 Å². The molecule has 120 valence electrons. The maximum atomic E-state index is 5.90. The van der Waals surface area contributed by atoms with E-state index in [0.29, 0.717) is 35.5 Å². The Balaban J connectivity index is 3.36. The van der Waals surface area contributed by atoms with E-state index in [1.165, 1.54) is 0 Å². The van der Waals surface area contributed by atoms with Gasteiger partial charge in [-0.05, 0) is 27.2 Å². The summed E-state index contributed by atoms with van der Waals surface area (Å²) in [5, 5.41) is 14.5. The summed E-state index contributed by atoms with van der Waals surface area (Å²) in [5.41, 5.74) is 0. The standard InChI is InChI=1S/C12H24N4O3SSi/c1-5-9-13-11-10(12(20)15-16-14-11)21(17-6-2,18-7-3)19-8-4/h5-9H2,1-4H3,(H2,13,14,15,20). The van der Waals surface area contributed by atoms with E-state index >= 15 is 0 Å². The average molecular weight is 333 g/mol. The Labute approximate surface area is 131 Å². The maximum absolute atomic E-state index is 5.90. The second-order valence-electron chi connectivity index (χ2n) is 4.15. The summed E-state index contributed by atoms with van der Waals surface area (Å²) in [6.07, 6.45) is 0.967. The zero-order chi connectivity index (χ0) is 15.7.